The van der Waals surface area contributed by atoms with Crippen LogP contribution >= 0.6 is 0 Å². The number of β-amino-alcohol motifs (C(OH)–C–C–N with tert-alkyl or cyclic N) is 1. The first-order valence-electron chi connectivity index (χ1n) is 11.1. The van der Waals surface area contributed by atoms with Crippen LogP contribution in [-0.4, -0.2) is 69.3 Å². The van der Waals surface area contributed by atoms with Gasteiger partial charge in [0.05, 0.1) is 12.1 Å². The van der Waals surface area contributed by atoms with Crippen molar-refractivity contribution < 1.29 is 35.8 Å². The normalized spacial score (nSPS) is 20.3. The van der Waals surface area contributed by atoms with E-state index >= 15 is 0 Å². The molecule has 2 aromatic heterocycles. The molecule has 2 fully saturated rings. The number of hydrogen-bond donors (Lipinski definition) is 3. The van der Waals surface area contributed by atoms with Gasteiger partial charge in [-0.15, -0.1) is 5.10 Å². The van der Waals surface area contributed by atoms with Crippen molar-refractivity contribution in [2.45, 2.75) is 31.4 Å². The standard InChI is InChI=1S/C21H22F2N6O6S/c22-12-3-4-15(23)14(10-12)16-2-1-7-28(16)17-6-9-29-19(24-17)18(20(26-29)35-36(32,33)34)25-21(31)27-8-5-13(30)11-27/h3-4,6,9-10,13,16,30H,1-2,5,7-8,11H2,(H,25,31)(H,32,33,34)/t13-,16+/m0/s1. The molecule has 2 amide bonds. The molecule has 4 heterocycles. The van der Waals surface area contributed by atoms with E-state index in [0.717, 1.165) is 22.7 Å². The van der Waals surface area contributed by atoms with Gasteiger partial charge in [0.15, 0.2) is 11.3 Å². The predicted molar refractivity (Wildman–Crippen MR) is 122 cm³/mol. The van der Waals surface area contributed by atoms with Crippen molar-refractivity contribution in [1.29, 1.82) is 0 Å². The number of rotatable bonds is 5. The molecule has 1 aromatic carbocycles. The minimum atomic E-state index is -4.99. The molecule has 2 atom stereocenters. The molecule has 0 unspecified atom stereocenters. The molecule has 0 saturated carbocycles. The number of fused-ring (bicyclic) bond motifs is 1. The molecule has 0 bridgehead atoms. The molecule has 2 aliphatic heterocycles. The summed E-state index contributed by atoms with van der Waals surface area (Å²) in [6.07, 6.45) is 2.36. The maximum atomic E-state index is 14.5. The lowest BCUT2D eigenvalue weighted by Gasteiger charge is -2.26. The third-order valence-electron chi connectivity index (χ3n) is 6.17. The quantitative estimate of drug-likeness (QED) is 0.427. The van der Waals surface area contributed by atoms with Crippen molar-refractivity contribution in [3.05, 3.63) is 47.7 Å². The number of aliphatic hydroxyl groups is 1. The van der Waals surface area contributed by atoms with Crippen LogP contribution in [0.5, 0.6) is 5.88 Å². The number of benzene rings is 1. The first-order chi connectivity index (χ1) is 17.1. The number of likely N-dealkylation sites (tertiary alicyclic amines) is 1. The van der Waals surface area contributed by atoms with Gasteiger partial charge in [-0.05, 0) is 43.5 Å². The lowest BCUT2D eigenvalue weighted by molar-refractivity contribution is 0.176. The van der Waals surface area contributed by atoms with Gasteiger partial charge in [-0.2, -0.15) is 8.42 Å². The van der Waals surface area contributed by atoms with E-state index < -0.39 is 46.1 Å². The molecule has 15 heteroatoms. The van der Waals surface area contributed by atoms with E-state index in [1.165, 1.54) is 11.1 Å². The van der Waals surface area contributed by atoms with Gasteiger partial charge >= 0.3 is 16.4 Å². The Kier molecular flexibility index (Phi) is 6.13. The third-order valence-corrected chi connectivity index (χ3v) is 6.54. The minimum Gasteiger partial charge on any atom is -0.391 e. The highest BCUT2D eigenvalue weighted by Crippen LogP contribution is 2.38. The first-order valence-corrected chi connectivity index (χ1v) is 12.5. The van der Waals surface area contributed by atoms with Crippen LogP contribution < -0.4 is 14.4 Å². The van der Waals surface area contributed by atoms with Gasteiger partial charge in [0, 0.05) is 31.4 Å². The molecule has 0 radical (unpaired) electrons. The average molecular weight is 525 g/mol. The number of nitrogens with one attached hydrogen (secondary N) is 1. The Bertz CT molecular complexity index is 1430. The van der Waals surface area contributed by atoms with E-state index in [2.05, 4.69) is 19.6 Å². The van der Waals surface area contributed by atoms with Gasteiger partial charge in [0.25, 0.3) is 5.88 Å². The number of halogens is 2. The summed E-state index contributed by atoms with van der Waals surface area (Å²) in [6.45, 7) is 0.834. The maximum Gasteiger partial charge on any atom is 0.448 e. The Labute approximate surface area is 204 Å². The third kappa shape index (κ3) is 4.76. The smallest absolute Gasteiger partial charge is 0.391 e. The number of anilines is 2. The molecule has 5 rings (SSSR count). The van der Waals surface area contributed by atoms with E-state index in [9.17, 15) is 31.7 Å². The lowest BCUT2D eigenvalue weighted by atomic mass is 10.0. The van der Waals surface area contributed by atoms with Gasteiger partial charge in [0.1, 0.15) is 17.5 Å². The van der Waals surface area contributed by atoms with Crippen LogP contribution in [0.3, 0.4) is 0 Å². The van der Waals surface area contributed by atoms with Gasteiger partial charge in [-0.3, -0.25) is 9.87 Å². The van der Waals surface area contributed by atoms with Crippen molar-refractivity contribution >= 4 is 33.6 Å². The van der Waals surface area contributed by atoms with Gasteiger partial charge in [-0.25, -0.2) is 23.1 Å². The number of urea groups is 1. The van der Waals surface area contributed by atoms with E-state index in [1.54, 1.807) is 11.0 Å². The van der Waals surface area contributed by atoms with E-state index in [1.807, 2.05) is 0 Å². The van der Waals surface area contributed by atoms with Crippen LogP contribution in [0.15, 0.2) is 30.5 Å². The minimum absolute atomic E-state index is 0.00962. The summed E-state index contributed by atoms with van der Waals surface area (Å²) in [5.41, 5.74) is -0.0580. The van der Waals surface area contributed by atoms with Crippen LogP contribution in [0.4, 0.5) is 25.1 Å². The molecule has 2 aliphatic rings. The SMILES string of the molecule is O=C(Nc1c(OS(=O)(=O)O)nn2ccc(N3CCC[C@@H]3c3cc(F)ccc3F)nc12)N1CC[C@H](O)C1. The summed E-state index contributed by atoms with van der Waals surface area (Å²) in [5.74, 6) is -1.40. The maximum absolute atomic E-state index is 14.5. The number of nitrogens with zero attached hydrogens (tertiary/aromatic N) is 5. The Morgan fingerprint density at radius 2 is 2.00 bits per heavy atom. The zero-order chi connectivity index (χ0) is 25.6. The highest BCUT2D eigenvalue weighted by molar-refractivity contribution is 7.81. The second kappa shape index (κ2) is 9.15. The lowest BCUT2D eigenvalue weighted by Crippen LogP contribution is -2.33. The molecular weight excluding hydrogens is 502 g/mol. The zero-order valence-electron chi connectivity index (χ0n) is 18.7. The van der Waals surface area contributed by atoms with Crippen molar-refractivity contribution in [1.82, 2.24) is 19.5 Å². The number of carbonyl (C=O) groups is 1. The predicted octanol–water partition coefficient (Wildman–Crippen LogP) is 2.13. The Hall–Kier alpha value is -3.56. The van der Waals surface area contributed by atoms with Crippen molar-refractivity contribution in [2.75, 3.05) is 29.9 Å². The summed E-state index contributed by atoms with van der Waals surface area (Å²) < 4.78 is 66.0. The fourth-order valence-corrected chi connectivity index (χ4v) is 4.89. The summed E-state index contributed by atoms with van der Waals surface area (Å²) in [4.78, 5) is 20.3. The molecular formula is C21H22F2N6O6S. The summed E-state index contributed by atoms with van der Waals surface area (Å²) in [6, 6.07) is 3.64. The topological polar surface area (TPSA) is 150 Å². The molecule has 3 aromatic rings. The molecule has 0 aliphatic carbocycles. The van der Waals surface area contributed by atoms with Crippen LogP contribution in [0.1, 0.15) is 30.9 Å². The number of aromatic nitrogens is 3. The fourth-order valence-electron chi connectivity index (χ4n) is 4.57. The van der Waals surface area contributed by atoms with Crippen molar-refractivity contribution in [2.24, 2.45) is 0 Å². The number of hydrogen-bond acceptors (Lipinski definition) is 8. The Morgan fingerprint density at radius 1 is 1.19 bits per heavy atom. The van der Waals surface area contributed by atoms with Crippen LogP contribution in [0, 0.1) is 11.6 Å². The Balaban J connectivity index is 1.54. The number of carbonyl (C=O) groups excluding carboxylic acids is 1. The molecule has 36 heavy (non-hydrogen) atoms. The van der Waals surface area contributed by atoms with E-state index in [-0.39, 0.29) is 30.0 Å². The average Bonchev–Trinajstić information content (AvgIpc) is 3.53. The number of aliphatic hydroxyl groups excluding tert-OH is 1. The molecule has 2 saturated heterocycles. The van der Waals surface area contributed by atoms with E-state index in [0.29, 0.717) is 31.6 Å². The monoisotopic (exact) mass is 524 g/mol. The van der Waals surface area contributed by atoms with Gasteiger partial charge in [-0.1, -0.05) is 0 Å². The molecule has 12 nitrogen and oxygen atoms in total. The largest absolute Gasteiger partial charge is 0.448 e. The van der Waals surface area contributed by atoms with Crippen molar-refractivity contribution in [3.8, 4) is 5.88 Å². The molecule has 3 N–H and O–H groups in total. The first kappa shape index (κ1) is 24.1. The fraction of sp³-hybridized carbons (Fsp3) is 0.381. The summed E-state index contributed by atoms with van der Waals surface area (Å²) >= 11 is 0. The summed E-state index contributed by atoms with van der Waals surface area (Å²) in [5, 5.41) is 16.2. The van der Waals surface area contributed by atoms with Crippen molar-refractivity contribution in [3.63, 3.8) is 0 Å². The zero-order valence-corrected chi connectivity index (χ0v) is 19.5. The Morgan fingerprint density at radius 3 is 2.72 bits per heavy atom. The molecule has 192 valence electrons. The van der Waals surface area contributed by atoms with Crippen LogP contribution in [0.25, 0.3) is 5.65 Å². The van der Waals surface area contributed by atoms with Crippen LogP contribution in [0.2, 0.25) is 0 Å². The van der Waals surface area contributed by atoms with E-state index in [4.69, 9.17) is 0 Å². The summed E-state index contributed by atoms with van der Waals surface area (Å²) in [7, 11) is -4.99. The van der Waals surface area contributed by atoms with Crippen LogP contribution in [-0.2, 0) is 10.4 Å². The highest BCUT2D eigenvalue weighted by atomic mass is 32.3. The second-order valence-corrected chi connectivity index (χ2v) is 9.60. The van der Waals surface area contributed by atoms with Gasteiger partial charge in [0.2, 0.25) is 0 Å². The second-order valence-electron chi connectivity index (χ2n) is 8.58. The number of amides is 2. The molecule has 0 spiro atoms. The van der Waals surface area contributed by atoms with Gasteiger partial charge < -0.3 is 19.1 Å². The highest BCUT2D eigenvalue weighted by Gasteiger charge is 2.32.